The maximum atomic E-state index is 6.06. The molecule has 0 saturated heterocycles. The van der Waals surface area contributed by atoms with Gasteiger partial charge in [-0.05, 0) is 36.4 Å². The van der Waals surface area contributed by atoms with Crippen LogP contribution in [0.5, 0.6) is 0 Å². The Hall–Kier alpha value is -2.50. The number of thiophene rings is 1. The first-order valence-electron chi connectivity index (χ1n) is 7.83. The Bertz CT molecular complexity index is 1020. The third-order valence-corrected chi connectivity index (χ3v) is 5.10. The Morgan fingerprint density at radius 1 is 1.04 bits per heavy atom. The molecule has 0 N–H and O–H groups in total. The van der Waals surface area contributed by atoms with E-state index < -0.39 is 0 Å². The molecule has 25 heavy (non-hydrogen) atoms. The fourth-order valence-corrected chi connectivity index (χ4v) is 3.86. The highest BCUT2D eigenvalue weighted by atomic mass is 35.5. The number of halogens is 1. The molecule has 4 nitrogen and oxygen atoms in total. The van der Waals surface area contributed by atoms with Gasteiger partial charge in [0, 0.05) is 35.3 Å². The van der Waals surface area contributed by atoms with Gasteiger partial charge in [-0.15, -0.1) is 11.3 Å². The molecule has 0 radical (unpaired) electrons. The summed E-state index contributed by atoms with van der Waals surface area (Å²) in [6, 6.07) is 15.9. The highest BCUT2D eigenvalue weighted by molar-refractivity contribution is 7.16. The summed E-state index contributed by atoms with van der Waals surface area (Å²) in [6.07, 6.45) is 3.53. The van der Waals surface area contributed by atoms with Crippen molar-refractivity contribution in [3.63, 3.8) is 0 Å². The molecule has 3 aromatic heterocycles. The van der Waals surface area contributed by atoms with Gasteiger partial charge in [0.15, 0.2) is 5.82 Å². The number of nitrogens with zero attached hydrogens (tertiary/aromatic N) is 4. The Morgan fingerprint density at radius 2 is 1.92 bits per heavy atom. The van der Waals surface area contributed by atoms with Crippen LogP contribution >= 0.6 is 22.9 Å². The number of anilines is 1. The van der Waals surface area contributed by atoms with Crippen LogP contribution in [-0.2, 0) is 6.54 Å². The Morgan fingerprint density at radius 3 is 2.68 bits per heavy atom. The molecular formula is C19H15ClN4S. The van der Waals surface area contributed by atoms with E-state index in [4.69, 9.17) is 21.6 Å². The summed E-state index contributed by atoms with van der Waals surface area (Å²) in [6.45, 7) is 0.741. The minimum atomic E-state index is 0.679. The van der Waals surface area contributed by atoms with Crippen LogP contribution < -0.4 is 4.90 Å². The molecule has 0 atom stereocenters. The molecule has 3 heterocycles. The summed E-state index contributed by atoms with van der Waals surface area (Å²) in [5.74, 6) is 1.58. The van der Waals surface area contributed by atoms with E-state index in [1.165, 1.54) is 4.88 Å². The first-order chi connectivity index (χ1) is 12.2. The number of pyridine rings is 1. The lowest BCUT2D eigenvalue weighted by molar-refractivity contribution is 0.916. The predicted octanol–water partition coefficient (Wildman–Crippen LogP) is 5.04. The number of hydrogen-bond donors (Lipinski definition) is 0. The summed E-state index contributed by atoms with van der Waals surface area (Å²) in [4.78, 5) is 17.0. The van der Waals surface area contributed by atoms with E-state index in [1.807, 2.05) is 43.4 Å². The number of hydrogen-bond acceptors (Lipinski definition) is 5. The first kappa shape index (κ1) is 16.0. The molecule has 4 aromatic rings. The molecule has 0 saturated carbocycles. The van der Waals surface area contributed by atoms with Crippen molar-refractivity contribution in [2.75, 3.05) is 11.9 Å². The number of aromatic nitrogens is 3. The fourth-order valence-electron chi connectivity index (χ4n) is 2.72. The second-order valence-electron chi connectivity index (χ2n) is 5.69. The van der Waals surface area contributed by atoms with Crippen LogP contribution in [0.25, 0.3) is 22.3 Å². The number of fused-ring (bicyclic) bond motifs is 1. The lowest BCUT2D eigenvalue weighted by Gasteiger charge is -2.20. The summed E-state index contributed by atoms with van der Waals surface area (Å²) in [5, 5.41) is 1.03. The average molecular weight is 367 g/mol. The minimum Gasteiger partial charge on any atom is -0.354 e. The summed E-state index contributed by atoms with van der Waals surface area (Å²) in [7, 11) is 2.04. The van der Waals surface area contributed by atoms with Crippen LogP contribution in [0.3, 0.4) is 0 Å². The van der Waals surface area contributed by atoms with Crippen LogP contribution in [0.1, 0.15) is 4.88 Å². The maximum absolute atomic E-state index is 6.06. The third-order valence-electron chi connectivity index (χ3n) is 3.89. The molecule has 0 spiro atoms. The molecule has 124 valence electrons. The normalized spacial score (nSPS) is 11.0. The number of rotatable bonds is 4. The molecule has 4 rings (SSSR count). The van der Waals surface area contributed by atoms with E-state index in [1.54, 1.807) is 23.7 Å². The quantitative estimate of drug-likeness (QED) is 0.507. The van der Waals surface area contributed by atoms with E-state index in [2.05, 4.69) is 22.0 Å². The SMILES string of the molecule is CN(Cc1ccc(Cl)s1)c1nc(-c2cccnc2)nc2ccccc12. The van der Waals surface area contributed by atoms with Crippen molar-refractivity contribution >= 4 is 39.7 Å². The van der Waals surface area contributed by atoms with Gasteiger partial charge >= 0.3 is 0 Å². The molecular weight excluding hydrogens is 352 g/mol. The summed E-state index contributed by atoms with van der Waals surface area (Å²) >= 11 is 7.64. The largest absolute Gasteiger partial charge is 0.354 e. The van der Waals surface area contributed by atoms with Crippen LogP contribution in [0, 0.1) is 0 Å². The first-order valence-corrected chi connectivity index (χ1v) is 9.03. The van der Waals surface area contributed by atoms with Crippen molar-refractivity contribution in [2.24, 2.45) is 0 Å². The highest BCUT2D eigenvalue weighted by Crippen LogP contribution is 2.29. The summed E-state index contributed by atoms with van der Waals surface area (Å²) in [5.41, 5.74) is 1.82. The number of benzene rings is 1. The van der Waals surface area contributed by atoms with E-state index in [0.29, 0.717) is 5.82 Å². The zero-order valence-corrected chi connectivity index (χ0v) is 15.1. The molecule has 6 heteroatoms. The smallest absolute Gasteiger partial charge is 0.163 e. The van der Waals surface area contributed by atoms with Crippen molar-refractivity contribution in [3.8, 4) is 11.4 Å². The van der Waals surface area contributed by atoms with E-state index in [-0.39, 0.29) is 0 Å². The monoisotopic (exact) mass is 366 g/mol. The van der Waals surface area contributed by atoms with Gasteiger partial charge in [0.2, 0.25) is 0 Å². The van der Waals surface area contributed by atoms with Crippen molar-refractivity contribution in [3.05, 3.63) is 70.1 Å². The van der Waals surface area contributed by atoms with Gasteiger partial charge in [-0.3, -0.25) is 4.98 Å². The zero-order chi connectivity index (χ0) is 17.2. The third kappa shape index (κ3) is 3.34. The molecule has 0 fully saturated rings. The van der Waals surface area contributed by atoms with Crippen molar-refractivity contribution in [2.45, 2.75) is 6.54 Å². The van der Waals surface area contributed by atoms with Crippen LogP contribution in [0.2, 0.25) is 4.34 Å². The Kier molecular flexibility index (Phi) is 4.34. The van der Waals surface area contributed by atoms with Crippen LogP contribution in [0.15, 0.2) is 60.9 Å². The van der Waals surface area contributed by atoms with E-state index in [0.717, 1.165) is 33.2 Å². The van der Waals surface area contributed by atoms with Gasteiger partial charge in [0.25, 0.3) is 0 Å². The predicted molar refractivity (Wildman–Crippen MR) is 104 cm³/mol. The topological polar surface area (TPSA) is 41.9 Å². The molecule has 0 aliphatic carbocycles. The van der Waals surface area contributed by atoms with Gasteiger partial charge in [0.05, 0.1) is 16.4 Å². The molecule has 0 aliphatic heterocycles. The number of para-hydroxylation sites is 1. The van der Waals surface area contributed by atoms with Gasteiger partial charge in [-0.1, -0.05) is 23.7 Å². The molecule has 0 amide bonds. The van der Waals surface area contributed by atoms with E-state index in [9.17, 15) is 0 Å². The van der Waals surface area contributed by atoms with Gasteiger partial charge < -0.3 is 4.90 Å². The molecule has 1 aromatic carbocycles. The van der Waals surface area contributed by atoms with Gasteiger partial charge in [-0.2, -0.15) is 0 Å². The van der Waals surface area contributed by atoms with Gasteiger partial charge in [-0.25, -0.2) is 9.97 Å². The van der Waals surface area contributed by atoms with Crippen molar-refractivity contribution < 1.29 is 0 Å². The summed E-state index contributed by atoms with van der Waals surface area (Å²) < 4.78 is 0.798. The second-order valence-corrected chi connectivity index (χ2v) is 7.49. The highest BCUT2D eigenvalue weighted by Gasteiger charge is 2.14. The molecule has 0 unspecified atom stereocenters. The lowest BCUT2D eigenvalue weighted by atomic mass is 10.2. The van der Waals surface area contributed by atoms with Gasteiger partial charge in [0.1, 0.15) is 5.82 Å². The van der Waals surface area contributed by atoms with Crippen molar-refractivity contribution in [1.82, 2.24) is 15.0 Å². The second kappa shape index (κ2) is 6.78. The Balaban J connectivity index is 1.80. The lowest BCUT2D eigenvalue weighted by Crippen LogP contribution is -2.18. The zero-order valence-electron chi connectivity index (χ0n) is 13.6. The minimum absolute atomic E-state index is 0.679. The molecule has 0 aliphatic rings. The van der Waals surface area contributed by atoms with Crippen LogP contribution in [0.4, 0.5) is 5.82 Å². The Labute approximate surface area is 154 Å². The maximum Gasteiger partial charge on any atom is 0.163 e. The fraction of sp³-hybridized carbons (Fsp3) is 0.105. The van der Waals surface area contributed by atoms with Crippen LogP contribution in [-0.4, -0.2) is 22.0 Å². The average Bonchev–Trinajstić information content (AvgIpc) is 3.06. The standard InChI is InChI=1S/C19H15ClN4S/c1-24(12-14-8-9-17(20)25-14)19-15-6-2-3-7-16(15)22-18(23-19)13-5-4-10-21-11-13/h2-11H,12H2,1H3. The molecule has 0 bridgehead atoms. The van der Waals surface area contributed by atoms with Crippen molar-refractivity contribution in [1.29, 1.82) is 0 Å². The van der Waals surface area contributed by atoms with E-state index >= 15 is 0 Å².